The lowest BCUT2D eigenvalue weighted by molar-refractivity contribution is -0.459. The van der Waals surface area contributed by atoms with Crippen molar-refractivity contribution in [1.82, 2.24) is 0 Å². The Morgan fingerprint density at radius 1 is 1.31 bits per heavy atom. The van der Waals surface area contributed by atoms with E-state index in [1.54, 1.807) is 0 Å². The van der Waals surface area contributed by atoms with Crippen LogP contribution in [0.2, 0.25) is 0 Å². The van der Waals surface area contributed by atoms with E-state index in [-0.39, 0.29) is 23.0 Å². The number of fused-ring (bicyclic) bond motifs is 1. The Kier molecular flexibility index (Phi) is 1.94. The molecule has 1 N–H and O–H groups in total. The third-order valence-electron chi connectivity index (χ3n) is 5.16. The number of hydrogen-bond donors (Lipinski definition) is 1. The van der Waals surface area contributed by atoms with Gasteiger partial charge in [-0.2, -0.15) is 0 Å². The number of rotatable bonds is 0. The van der Waals surface area contributed by atoms with Crippen LogP contribution in [0.5, 0.6) is 0 Å². The molecule has 0 amide bonds. The minimum atomic E-state index is -0.466. The fourth-order valence-electron chi connectivity index (χ4n) is 3.89. The van der Waals surface area contributed by atoms with Crippen LogP contribution in [0, 0.1) is 10.8 Å². The van der Waals surface area contributed by atoms with Crippen molar-refractivity contribution in [3.8, 4) is 0 Å². The highest BCUT2D eigenvalue weighted by molar-refractivity contribution is 5.27. The van der Waals surface area contributed by atoms with E-state index in [0.29, 0.717) is 0 Å². The van der Waals surface area contributed by atoms with Crippen LogP contribution in [-0.2, 0) is 9.78 Å². The van der Waals surface area contributed by atoms with Crippen LogP contribution in [-0.4, -0.2) is 22.9 Å². The van der Waals surface area contributed by atoms with E-state index in [2.05, 4.69) is 32.9 Å². The van der Waals surface area contributed by atoms with Gasteiger partial charge in [-0.1, -0.05) is 26.8 Å². The van der Waals surface area contributed by atoms with Crippen molar-refractivity contribution < 1.29 is 14.9 Å². The second kappa shape index (κ2) is 2.89. The molecule has 2 bridgehead atoms. The van der Waals surface area contributed by atoms with Crippen molar-refractivity contribution in [3.63, 3.8) is 0 Å². The van der Waals surface area contributed by atoms with Gasteiger partial charge in [0.15, 0.2) is 0 Å². The van der Waals surface area contributed by atoms with E-state index < -0.39 is 5.60 Å². The molecule has 4 aliphatic rings. The van der Waals surface area contributed by atoms with Crippen LogP contribution in [0.1, 0.15) is 40.0 Å². The van der Waals surface area contributed by atoms with Crippen molar-refractivity contribution in [3.05, 3.63) is 12.2 Å². The van der Waals surface area contributed by atoms with E-state index in [4.69, 9.17) is 9.78 Å². The predicted molar refractivity (Wildman–Crippen MR) is 59.6 cm³/mol. The van der Waals surface area contributed by atoms with Crippen molar-refractivity contribution >= 4 is 0 Å². The van der Waals surface area contributed by atoms with E-state index in [1.807, 2.05) is 0 Å². The molecule has 4 rings (SSSR count). The molecule has 2 fully saturated rings. The summed E-state index contributed by atoms with van der Waals surface area (Å²) in [7, 11) is 0. The normalized spacial score (nSPS) is 53.8. The number of hydrogen-bond acceptors (Lipinski definition) is 3. The maximum absolute atomic E-state index is 10.2. The van der Waals surface area contributed by atoms with Gasteiger partial charge in [0, 0.05) is 10.8 Å². The summed E-state index contributed by atoms with van der Waals surface area (Å²) in [6.07, 6.45) is 6.84. The van der Waals surface area contributed by atoms with Crippen LogP contribution < -0.4 is 0 Å². The highest BCUT2D eigenvalue weighted by Gasteiger charge is 2.67. The van der Waals surface area contributed by atoms with Gasteiger partial charge in [-0.3, -0.25) is 0 Å². The zero-order valence-corrected chi connectivity index (χ0v) is 10.2. The molecule has 1 spiro atoms. The topological polar surface area (TPSA) is 38.7 Å². The third kappa shape index (κ3) is 0.998. The van der Waals surface area contributed by atoms with Gasteiger partial charge in [-0.25, -0.2) is 9.78 Å². The second-order valence-electron chi connectivity index (χ2n) is 6.35. The largest absolute Gasteiger partial charge is 0.392 e. The Morgan fingerprint density at radius 3 is 2.69 bits per heavy atom. The molecular formula is C13H20O3. The molecule has 1 saturated heterocycles. The van der Waals surface area contributed by atoms with E-state index in [1.165, 1.54) is 0 Å². The lowest BCUT2D eigenvalue weighted by atomic mass is 9.49. The quantitative estimate of drug-likeness (QED) is 0.506. The molecule has 0 unspecified atom stereocenters. The molecule has 3 nitrogen and oxygen atoms in total. The number of aliphatic hydroxyl groups excluding tert-OH is 1. The van der Waals surface area contributed by atoms with Crippen LogP contribution in [0.15, 0.2) is 12.2 Å². The molecule has 2 heterocycles. The Bertz CT molecular complexity index is 349. The molecule has 2 aliphatic heterocycles. The second-order valence-corrected chi connectivity index (χ2v) is 6.35. The zero-order valence-electron chi connectivity index (χ0n) is 10.2. The highest BCUT2D eigenvalue weighted by atomic mass is 17.2. The molecule has 2 aliphatic carbocycles. The maximum atomic E-state index is 10.2. The fraction of sp³-hybridized carbons (Fsp3) is 0.846. The van der Waals surface area contributed by atoms with Gasteiger partial charge in [0.25, 0.3) is 0 Å². The van der Waals surface area contributed by atoms with Gasteiger partial charge >= 0.3 is 0 Å². The van der Waals surface area contributed by atoms with E-state index in [9.17, 15) is 5.11 Å². The molecule has 0 radical (unpaired) electrons. The first-order valence-electron chi connectivity index (χ1n) is 6.13. The minimum absolute atomic E-state index is 0.0907. The monoisotopic (exact) mass is 224 g/mol. The van der Waals surface area contributed by atoms with E-state index in [0.717, 1.165) is 19.3 Å². The van der Waals surface area contributed by atoms with Crippen molar-refractivity contribution in [2.75, 3.05) is 0 Å². The average Bonchev–Trinajstić information content (AvgIpc) is 2.25. The molecule has 3 heteroatoms. The smallest absolute Gasteiger partial charge is 0.135 e. The van der Waals surface area contributed by atoms with Crippen molar-refractivity contribution in [2.45, 2.75) is 57.8 Å². The van der Waals surface area contributed by atoms with Crippen molar-refractivity contribution in [2.24, 2.45) is 10.8 Å². The lowest BCUT2D eigenvalue weighted by Gasteiger charge is -2.63. The summed E-state index contributed by atoms with van der Waals surface area (Å²) in [5.41, 5.74) is -0.679. The molecule has 1 saturated carbocycles. The first-order chi connectivity index (χ1) is 7.41. The summed E-state index contributed by atoms with van der Waals surface area (Å²) in [6, 6.07) is 0. The molecular weight excluding hydrogens is 204 g/mol. The first kappa shape index (κ1) is 10.8. The Labute approximate surface area is 96.4 Å². The highest BCUT2D eigenvalue weighted by Crippen LogP contribution is 2.62. The summed E-state index contributed by atoms with van der Waals surface area (Å²) in [6.45, 7) is 6.42. The molecule has 90 valence electrons. The summed E-state index contributed by atoms with van der Waals surface area (Å²) < 4.78 is 0. The van der Waals surface area contributed by atoms with Gasteiger partial charge in [-0.15, -0.1) is 0 Å². The summed E-state index contributed by atoms with van der Waals surface area (Å²) in [5, 5.41) is 10.2. The van der Waals surface area contributed by atoms with Gasteiger partial charge in [0.1, 0.15) is 11.7 Å². The summed E-state index contributed by atoms with van der Waals surface area (Å²) in [5.74, 6) is 0. The van der Waals surface area contributed by atoms with Crippen LogP contribution >= 0.6 is 0 Å². The summed E-state index contributed by atoms with van der Waals surface area (Å²) in [4.78, 5) is 11.1. The zero-order chi connectivity index (χ0) is 11.6. The molecule has 0 aromatic rings. The number of aliphatic hydroxyl groups is 1. The average molecular weight is 224 g/mol. The van der Waals surface area contributed by atoms with E-state index >= 15 is 0 Å². The Balaban J connectivity index is 2.15. The lowest BCUT2D eigenvalue weighted by Crippen LogP contribution is -2.68. The SMILES string of the molecule is CC1(C)[C@@H](O)CC[C@@]2(C)C[C@@H]3C=C[C@]12OO3. The van der Waals surface area contributed by atoms with Crippen LogP contribution in [0.3, 0.4) is 0 Å². The molecule has 4 atom stereocenters. The van der Waals surface area contributed by atoms with Gasteiger partial charge < -0.3 is 5.11 Å². The van der Waals surface area contributed by atoms with Crippen LogP contribution in [0.4, 0.5) is 0 Å². The predicted octanol–water partition coefficient (Wildman–Crippen LogP) is 2.20. The maximum Gasteiger partial charge on any atom is 0.135 e. The first-order valence-corrected chi connectivity index (χ1v) is 6.13. The third-order valence-corrected chi connectivity index (χ3v) is 5.16. The fourth-order valence-corrected chi connectivity index (χ4v) is 3.89. The van der Waals surface area contributed by atoms with Gasteiger partial charge in [-0.05, 0) is 25.3 Å². The Morgan fingerprint density at radius 2 is 2.06 bits per heavy atom. The van der Waals surface area contributed by atoms with Crippen LogP contribution in [0.25, 0.3) is 0 Å². The minimum Gasteiger partial charge on any atom is -0.392 e. The molecule has 0 aromatic heterocycles. The Hall–Kier alpha value is -0.380. The summed E-state index contributed by atoms with van der Waals surface area (Å²) >= 11 is 0. The van der Waals surface area contributed by atoms with Crippen molar-refractivity contribution in [1.29, 1.82) is 0 Å². The standard InChI is InChI=1S/C13H20O3/c1-11(2)10(14)5-6-12(3)8-9-4-7-13(11,12)16-15-9/h4,7,9-10,14H,5-6,8H2,1-3H3/t9-,10-,12-,13-/m0/s1. The van der Waals surface area contributed by atoms with Gasteiger partial charge in [0.2, 0.25) is 0 Å². The van der Waals surface area contributed by atoms with Gasteiger partial charge in [0.05, 0.1) is 6.10 Å². The molecule has 16 heavy (non-hydrogen) atoms. The molecule has 0 aromatic carbocycles.